The van der Waals surface area contributed by atoms with Crippen LogP contribution in [-0.4, -0.2) is 19.3 Å². The van der Waals surface area contributed by atoms with Gasteiger partial charge in [0.15, 0.2) is 0 Å². The summed E-state index contributed by atoms with van der Waals surface area (Å²) in [6, 6.07) is 5.66. The fourth-order valence-electron chi connectivity index (χ4n) is 2.39. The number of hydrogen-bond donors (Lipinski definition) is 1. The fourth-order valence-corrected chi connectivity index (χ4v) is 2.39. The van der Waals surface area contributed by atoms with Gasteiger partial charge >= 0.3 is 6.18 Å². The fraction of sp³-hybridized carbons (Fsp3) is 0.538. The summed E-state index contributed by atoms with van der Waals surface area (Å²) >= 11 is 0. The molecule has 0 radical (unpaired) electrons. The second-order valence-corrected chi connectivity index (χ2v) is 4.81. The highest BCUT2D eigenvalue weighted by molar-refractivity contribution is 5.71. The second-order valence-electron chi connectivity index (χ2n) is 4.81. The highest BCUT2D eigenvalue weighted by Crippen LogP contribution is 2.36. The van der Waals surface area contributed by atoms with Gasteiger partial charge in [-0.3, -0.25) is 0 Å². The van der Waals surface area contributed by atoms with E-state index >= 15 is 0 Å². The van der Waals surface area contributed by atoms with E-state index in [1.54, 1.807) is 0 Å². The van der Waals surface area contributed by atoms with Crippen molar-refractivity contribution >= 4 is 11.4 Å². The van der Waals surface area contributed by atoms with Crippen molar-refractivity contribution in [3.63, 3.8) is 0 Å². The predicted molar refractivity (Wildman–Crippen MR) is 66.6 cm³/mol. The van der Waals surface area contributed by atoms with Gasteiger partial charge in [-0.15, -0.1) is 0 Å². The number of anilines is 2. The molecule has 1 aliphatic rings. The summed E-state index contributed by atoms with van der Waals surface area (Å²) in [6.07, 6.45) is -3.77. The summed E-state index contributed by atoms with van der Waals surface area (Å²) in [5, 5.41) is 0. The van der Waals surface area contributed by atoms with E-state index in [1.807, 2.05) is 30.0 Å². The van der Waals surface area contributed by atoms with Crippen molar-refractivity contribution in [2.75, 3.05) is 23.7 Å². The summed E-state index contributed by atoms with van der Waals surface area (Å²) < 4.78 is 37.7. The van der Waals surface area contributed by atoms with E-state index in [0.717, 1.165) is 11.3 Å². The first kappa shape index (κ1) is 13.1. The van der Waals surface area contributed by atoms with Gasteiger partial charge in [0, 0.05) is 13.1 Å². The van der Waals surface area contributed by atoms with Crippen LogP contribution in [0, 0.1) is 12.8 Å². The van der Waals surface area contributed by atoms with Gasteiger partial charge in [-0.2, -0.15) is 13.2 Å². The van der Waals surface area contributed by atoms with Gasteiger partial charge in [-0.25, -0.2) is 0 Å². The van der Waals surface area contributed by atoms with Crippen LogP contribution in [0.15, 0.2) is 18.2 Å². The van der Waals surface area contributed by atoms with Crippen molar-refractivity contribution in [3.8, 4) is 0 Å². The van der Waals surface area contributed by atoms with Crippen LogP contribution < -0.4 is 10.6 Å². The maximum Gasteiger partial charge on any atom is 0.391 e. The number of hydrogen-bond acceptors (Lipinski definition) is 2. The van der Waals surface area contributed by atoms with Gasteiger partial charge in [0.1, 0.15) is 0 Å². The van der Waals surface area contributed by atoms with Gasteiger partial charge in [0.2, 0.25) is 0 Å². The molecule has 100 valence electrons. The molecule has 1 aromatic carbocycles. The Morgan fingerprint density at radius 2 is 1.83 bits per heavy atom. The smallest absolute Gasteiger partial charge is 0.391 e. The Balaban J connectivity index is 2.08. The van der Waals surface area contributed by atoms with Crippen molar-refractivity contribution in [1.82, 2.24) is 0 Å². The molecule has 1 fully saturated rings. The van der Waals surface area contributed by atoms with Crippen molar-refractivity contribution < 1.29 is 13.2 Å². The maximum absolute atomic E-state index is 12.6. The van der Waals surface area contributed by atoms with Gasteiger partial charge in [-0.1, -0.05) is 12.1 Å². The molecule has 2 N–H and O–H groups in total. The zero-order chi connectivity index (χ0) is 13.3. The average molecular weight is 258 g/mol. The number of nitrogens with two attached hydrogens (primary N) is 1. The predicted octanol–water partition coefficient (Wildman–Crippen LogP) is 3.36. The maximum atomic E-state index is 12.6. The van der Waals surface area contributed by atoms with E-state index in [1.165, 1.54) is 0 Å². The third-order valence-corrected chi connectivity index (χ3v) is 3.60. The van der Waals surface area contributed by atoms with Gasteiger partial charge in [-0.05, 0) is 31.4 Å². The lowest BCUT2D eigenvalue weighted by Gasteiger charge is -2.35. The number of para-hydroxylation sites is 1. The molecular weight excluding hydrogens is 241 g/mol. The molecule has 0 aliphatic carbocycles. The highest BCUT2D eigenvalue weighted by Gasteiger charge is 2.41. The summed E-state index contributed by atoms with van der Waals surface area (Å²) in [5.41, 5.74) is 8.46. The quantitative estimate of drug-likeness (QED) is 0.783. The molecule has 2 nitrogen and oxygen atoms in total. The summed E-state index contributed by atoms with van der Waals surface area (Å²) in [7, 11) is 0. The van der Waals surface area contributed by atoms with Crippen molar-refractivity contribution in [2.24, 2.45) is 5.92 Å². The molecule has 1 aliphatic heterocycles. The Labute approximate surface area is 105 Å². The van der Waals surface area contributed by atoms with Crippen molar-refractivity contribution in [2.45, 2.75) is 25.9 Å². The summed E-state index contributed by atoms with van der Waals surface area (Å²) in [5.74, 6) is -1.17. The third-order valence-electron chi connectivity index (χ3n) is 3.60. The van der Waals surface area contributed by atoms with Crippen molar-refractivity contribution in [3.05, 3.63) is 23.8 Å². The number of piperidine rings is 1. The Morgan fingerprint density at radius 1 is 1.22 bits per heavy atom. The molecule has 0 atom stereocenters. The molecule has 0 amide bonds. The minimum atomic E-state index is -4.07. The number of benzene rings is 1. The molecule has 0 aromatic heterocycles. The Bertz CT molecular complexity index is 421. The lowest BCUT2D eigenvalue weighted by molar-refractivity contribution is -0.179. The lowest BCUT2D eigenvalue weighted by atomic mass is 9.95. The van der Waals surface area contributed by atoms with Gasteiger partial charge in [0.25, 0.3) is 0 Å². The molecule has 0 bridgehead atoms. The number of nitrogen functional groups attached to an aromatic ring is 1. The molecule has 2 rings (SSSR count). The van der Waals surface area contributed by atoms with E-state index in [2.05, 4.69) is 0 Å². The van der Waals surface area contributed by atoms with Crippen LogP contribution in [-0.2, 0) is 0 Å². The topological polar surface area (TPSA) is 29.3 Å². The number of halogens is 3. The van der Waals surface area contributed by atoms with Crippen LogP contribution in [0.5, 0.6) is 0 Å². The van der Waals surface area contributed by atoms with Crippen molar-refractivity contribution in [1.29, 1.82) is 0 Å². The molecule has 18 heavy (non-hydrogen) atoms. The monoisotopic (exact) mass is 258 g/mol. The minimum Gasteiger partial charge on any atom is -0.397 e. The van der Waals surface area contributed by atoms with Crippen LogP contribution in [0.3, 0.4) is 0 Å². The number of rotatable bonds is 1. The molecule has 1 aromatic rings. The van der Waals surface area contributed by atoms with E-state index in [9.17, 15) is 13.2 Å². The first-order chi connectivity index (χ1) is 8.39. The lowest BCUT2D eigenvalue weighted by Crippen LogP contribution is -2.39. The molecular formula is C13H17F3N2. The van der Waals surface area contributed by atoms with E-state index < -0.39 is 12.1 Å². The van der Waals surface area contributed by atoms with Gasteiger partial charge in [0.05, 0.1) is 17.3 Å². The first-order valence-corrected chi connectivity index (χ1v) is 6.06. The molecule has 1 saturated heterocycles. The third kappa shape index (κ3) is 2.54. The Hall–Kier alpha value is -1.39. The number of alkyl halides is 3. The van der Waals surface area contributed by atoms with Crippen LogP contribution in [0.4, 0.5) is 24.5 Å². The second kappa shape index (κ2) is 4.71. The molecule has 5 heteroatoms. The summed E-state index contributed by atoms with van der Waals surface area (Å²) in [6.45, 7) is 2.73. The average Bonchev–Trinajstić information content (AvgIpc) is 2.32. The van der Waals surface area contributed by atoms with E-state index in [0.29, 0.717) is 18.8 Å². The van der Waals surface area contributed by atoms with Gasteiger partial charge < -0.3 is 10.6 Å². The SMILES string of the molecule is Cc1cccc(N2CCC(C(F)(F)F)CC2)c1N. The Morgan fingerprint density at radius 3 is 2.39 bits per heavy atom. The zero-order valence-electron chi connectivity index (χ0n) is 10.3. The number of aryl methyl sites for hydroxylation is 1. The zero-order valence-corrected chi connectivity index (χ0v) is 10.3. The number of nitrogens with zero attached hydrogens (tertiary/aromatic N) is 1. The molecule has 0 spiro atoms. The highest BCUT2D eigenvalue weighted by atomic mass is 19.4. The van der Waals surface area contributed by atoms with Crippen LogP contribution in [0.25, 0.3) is 0 Å². The van der Waals surface area contributed by atoms with Crippen LogP contribution in [0.2, 0.25) is 0 Å². The van der Waals surface area contributed by atoms with E-state index in [4.69, 9.17) is 5.73 Å². The molecule has 0 unspecified atom stereocenters. The summed E-state index contributed by atoms with van der Waals surface area (Å²) in [4.78, 5) is 1.95. The minimum absolute atomic E-state index is 0.150. The Kier molecular flexibility index (Phi) is 3.41. The standard InChI is InChI=1S/C13H17F3N2/c1-9-3-2-4-11(12(9)17)18-7-5-10(6-8-18)13(14,15)16/h2-4,10H,5-8,17H2,1H3. The van der Waals surface area contributed by atoms with Crippen LogP contribution >= 0.6 is 0 Å². The largest absolute Gasteiger partial charge is 0.397 e. The van der Waals surface area contributed by atoms with Crippen LogP contribution in [0.1, 0.15) is 18.4 Å². The normalized spacial score (nSPS) is 18.1. The first-order valence-electron chi connectivity index (χ1n) is 6.06. The van der Waals surface area contributed by atoms with E-state index in [-0.39, 0.29) is 12.8 Å². The molecule has 0 saturated carbocycles. The molecule has 1 heterocycles.